The van der Waals surface area contributed by atoms with Crippen LogP contribution in [0.15, 0.2) is 119 Å². The zero-order chi connectivity index (χ0) is 46.5. The summed E-state index contributed by atoms with van der Waals surface area (Å²) in [6.45, 7) is 0.578. The fraction of sp³-hybridized carbons (Fsp3) is 0.114. The first kappa shape index (κ1) is 46.5. The number of aromatic nitrogens is 10. The van der Waals surface area contributed by atoms with Gasteiger partial charge in [0.15, 0.2) is 46.6 Å². The smallest absolute Gasteiger partial charge is 0.255 e. The molecule has 3 aromatic carbocycles. The number of nitrogens with two attached hydrogens (primary N) is 3. The van der Waals surface area contributed by atoms with Crippen molar-refractivity contribution in [3.05, 3.63) is 155 Å². The minimum atomic E-state index is -0.964. The molecule has 0 saturated carbocycles. The lowest BCUT2D eigenvalue weighted by molar-refractivity contribution is 0.102. The summed E-state index contributed by atoms with van der Waals surface area (Å²) in [6.07, 6.45) is 5.54. The molecule has 23 heteroatoms. The van der Waals surface area contributed by atoms with E-state index in [4.69, 9.17) is 26.2 Å². The SMILES string of the molecule is CN(C)Cc1cccc(C(=O)Nc2cnc(-c3cc(-c4ccon4)n(Cc4cccc(F)c4F)n3)nc2N)c1.Cl.Nc1cnc(-c2cc(-c3ccon3)n(Cc3cccc(F)c3F)n2)nc1N. The molecule has 0 aliphatic heterocycles. The molecule has 18 nitrogen and oxygen atoms in total. The van der Waals surface area contributed by atoms with E-state index in [1.807, 2.05) is 31.1 Å². The summed E-state index contributed by atoms with van der Waals surface area (Å²) in [6, 6.07) is 21.7. The largest absolute Gasteiger partial charge is 0.394 e. The number of carbonyl (C=O) groups is 1. The molecule has 0 radical (unpaired) electrons. The molecule has 1 amide bonds. The van der Waals surface area contributed by atoms with Gasteiger partial charge in [0.25, 0.3) is 5.91 Å². The summed E-state index contributed by atoms with van der Waals surface area (Å²) in [7, 11) is 3.90. The van der Waals surface area contributed by atoms with E-state index in [9.17, 15) is 22.4 Å². The quantitative estimate of drug-likeness (QED) is 0.0890. The first-order valence-electron chi connectivity index (χ1n) is 19.7. The molecular formula is C44H38ClF4N15O3. The second-order valence-corrected chi connectivity index (χ2v) is 14.8. The van der Waals surface area contributed by atoms with Crippen LogP contribution < -0.4 is 22.5 Å². The Morgan fingerprint density at radius 1 is 0.672 bits per heavy atom. The Balaban J connectivity index is 0.000000209. The van der Waals surface area contributed by atoms with Gasteiger partial charge in [-0.05, 0) is 56.1 Å². The van der Waals surface area contributed by atoms with Crippen LogP contribution in [0.4, 0.5) is 40.6 Å². The van der Waals surface area contributed by atoms with Gasteiger partial charge >= 0.3 is 0 Å². The Bertz CT molecular complexity index is 3160. The molecule has 0 saturated heterocycles. The van der Waals surface area contributed by atoms with E-state index in [0.717, 1.165) is 17.7 Å². The second kappa shape index (κ2) is 20.1. The van der Waals surface area contributed by atoms with Gasteiger partial charge in [-0.3, -0.25) is 14.2 Å². The van der Waals surface area contributed by atoms with E-state index in [-0.39, 0.29) is 77.2 Å². The van der Waals surface area contributed by atoms with Crippen molar-refractivity contribution < 1.29 is 31.4 Å². The van der Waals surface area contributed by atoms with Gasteiger partial charge in [0, 0.05) is 35.4 Å². The van der Waals surface area contributed by atoms with Crippen molar-refractivity contribution in [1.82, 2.24) is 54.7 Å². The molecule has 0 aliphatic rings. The predicted molar refractivity (Wildman–Crippen MR) is 241 cm³/mol. The van der Waals surface area contributed by atoms with Gasteiger partial charge in [-0.15, -0.1) is 12.4 Å². The number of nitrogens with zero attached hydrogens (tertiary/aromatic N) is 11. The Hall–Kier alpha value is -8.50. The van der Waals surface area contributed by atoms with Crippen LogP contribution in [0.5, 0.6) is 0 Å². The molecule has 0 spiro atoms. The van der Waals surface area contributed by atoms with E-state index < -0.39 is 23.3 Å². The minimum absolute atomic E-state index is 0. The fourth-order valence-corrected chi connectivity index (χ4v) is 6.57. The number of amides is 1. The Morgan fingerprint density at radius 2 is 1.19 bits per heavy atom. The van der Waals surface area contributed by atoms with Crippen LogP contribution in [0.25, 0.3) is 45.8 Å². The highest BCUT2D eigenvalue weighted by Crippen LogP contribution is 2.29. The zero-order valence-electron chi connectivity index (χ0n) is 35.3. The number of hydrogen-bond acceptors (Lipinski definition) is 15. The van der Waals surface area contributed by atoms with Gasteiger partial charge in [0.05, 0.1) is 42.6 Å². The molecule has 0 atom stereocenters. The third-order valence-corrected chi connectivity index (χ3v) is 9.72. The molecule has 9 aromatic rings. The van der Waals surface area contributed by atoms with Crippen molar-refractivity contribution in [1.29, 1.82) is 0 Å². The van der Waals surface area contributed by atoms with Crippen LogP contribution in [0.2, 0.25) is 0 Å². The van der Waals surface area contributed by atoms with Crippen molar-refractivity contribution >= 4 is 41.3 Å². The zero-order valence-corrected chi connectivity index (χ0v) is 36.1. The fourth-order valence-electron chi connectivity index (χ4n) is 6.57. The third kappa shape index (κ3) is 10.6. The van der Waals surface area contributed by atoms with Gasteiger partial charge in [-0.25, -0.2) is 37.5 Å². The summed E-state index contributed by atoms with van der Waals surface area (Å²) in [5, 5.41) is 19.4. The lowest BCUT2D eigenvalue weighted by Gasteiger charge is -2.11. The van der Waals surface area contributed by atoms with E-state index in [0.29, 0.717) is 46.3 Å². The van der Waals surface area contributed by atoms with Gasteiger partial charge in [-0.1, -0.05) is 46.7 Å². The maximum Gasteiger partial charge on any atom is 0.255 e. The van der Waals surface area contributed by atoms with E-state index in [2.05, 4.69) is 45.8 Å². The highest BCUT2D eigenvalue weighted by molar-refractivity contribution is 6.05. The normalized spacial score (nSPS) is 11.0. The molecule has 0 unspecified atom stereocenters. The van der Waals surface area contributed by atoms with Crippen LogP contribution in [0.3, 0.4) is 0 Å². The molecule has 67 heavy (non-hydrogen) atoms. The number of carbonyl (C=O) groups excluding carboxylic acids is 1. The molecule has 0 bridgehead atoms. The Kier molecular flexibility index (Phi) is 14.0. The summed E-state index contributed by atoms with van der Waals surface area (Å²) < 4.78 is 68.5. The van der Waals surface area contributed by atoms with Crippen molar-refractivity contribution in [3.8, 4) is 45.8 Å². The van der Waals surface area contributed by atoms with Crippen LogP contribution in [-0.2, 0) is 19.6 Å². The molecule has 6 heterocycles. The maximum atomic E-state index is 14.4. The monoisotopic (exact) mass is 935 g/mol. The van der Waals surface area contributed by atoms with Crippen molar-refractivity contribution in [2.24, 2.45) is 0 Å². The first-order chi connectivity index (χ1) is 31.8. The number of anilines is 4. The Labute approximate surface area is 383 Å². The lowest BCUT2D eigenvalue weighted by Crippen LogP contribution is -2.16. The number of halogens is 5. The van der Waals surface area contributed by atoms with Crippen molar-refractivity contribution in [2.45, 2.75) is 19.6 Å². The predicted octanol–water partition coefficient (Wildman–Crippen LogP) is 7.13. The standard InChI is InChI=1S/C27H24F2N8O2.C17H13F2N7O.ClH/c1-36(2)14-16-5-3-6-17(11-16)27(38)32-22-13-31-26(33-25(22)30)21-12-23(20-9-10-39-35-20)37(34-21)15-18-7-4-8-19(28)24(18)29;18-10-3-1-2-9(15(10)19)8-26-14(12-4-5-27-25-12)6-13(24-26)17-22-7-11(20)16(21)23-17;/h3-13H,14-15H2,1-2H3,(H,32,38)(H2,30,31,33);1-7H,8,20H2,(H2,21,22,23);1H. The number of benzene rings is 3. The number of nitrogen functional groups attached to an aromatic ring is 3. The number of nitrogens with one attached hydrogen (secondary N) is 1. The van der Waals surface area contributed by atoms with Gasteiger partial charge in [-0.2, -0.15) is 10.2 Å². The summed E-state index contributed by atoms with van der Waals surface area (Å²) in [5.74, 6) is -3.58. The maximum absolute atomic E-state index is 14.4. The molecule has 342 valence electrons. The highest BCUT2D eigenvalue weighted by Gasteiger charge is 2.21. The highest BCUT2D eigenvalue weighted by atomic mass is 35.5. The number of rotatable bonds is 12. The van der Waals surface area contributed by atoms with E-state index >= 15 is 0 Å². The molecule has 7 N–H and O–H groups in total. The molecule has 0 aliphatic carbocycles. The van der Waals surface area contributed by atoms with Crippen LogP contribution in [0, 0.1) is 23.3 Å². The molecular weight excluding hydrogens is 898 g/mol. The molecule has 6 aromatic heterocycles. The van der Waals surface area contributed by atoms with E-state index in [1.165, 1.54) is 58.5 Å². The summed E-state index contributed by atoms with van der Waals surface area (Å²) in [5.41, 5.74) is 22.3. The first-order valence-corrected chi connectivity index (χ1v) is 19.7. The summed E-state index contributed by atoms with van der Waals surface area (Å²) in [4.78, 5) is 31.7. The third-order valence-electron chi connectivity index (χ3n) is 9.72. The molecule has 9 rings (SSSR count). The number of hydrogen-bond donors (Lipinski definition) is 4. The lowest BCUT2D eigenvalue weighted by atomic mass is 10.1. The Morgan fingerprint density at radius 3 is 1.69 bits per heavy atom. The topological polar surface area (TPSA) is 250 Å². The van der Waals surface area contributed by atoms with Gasteiger partial charge < -0.3 is 36.5 Å². The second-order valence-electron chi connectivity index (χ2n) is 14.8. The van der Waals surface area contributed by atoms with Crippen LogP contribution >= 0.6 is 12.4 Å². The minimum Gasteiger partial charge on any atom is -0.394 e. The summed E-state index contributed by atoms with van der Waals surface area (Å²) >= 11 is 0. The van der Waals surface area contributed by atoms with Gasteiger partial charge in [0.1, 0.15) is 41.0 Å². The van der Waals surface area contributed by atoms with Crippen LogP contribution in [-0.4, -0.2) is 74.7 Å². The van der Waals surface area contributed by atoms with Crippen molar-refractivity contribution in [3.63, 3.8) is 0 Å². The van der Waals surface area contributed by atoms with Gasteiger partial charge in [0.2, 0.25) is 0 Å². The average molecular weight is 936 g/mol. The van der Waals surface area contributed by atoms with E-state index in [1.54, 1.807) is 36.4 Å². The molecule has 0 fully saturated rings. The van der Waals surface area contributed by atoms with Crippen LogP contribution in [0.1, 0.15) is 27.0 Å². The van der Waals surface area contributed by atoms with Crippen molar-refractivity contribution in [2.75, 3.05) is 36.6 Å². The average Bonchev–Trinajstić information content (AvgIpc) is 4.15.